The highest BCUT2D eigenvalue weighted by molar-refractivity contribution is 5.96. The second-order valence-corrected chi connectivity index (χ2v) is 6.87. The quantitative estimate of drug-likeness (QED) is 0.752. The number of likely N-dealkylation sites (tertiary alicyclic amines) is 1. The standard InChI is InChI=1S/C16H18N4O4.C2HF3O2/c1-9-18-19-15(24-9)12-8-23-13-7-20(6-11(12)13)16(21)10-4-3-5-17-14(10)22-2;3-2(4,5)1(6)7/h3-5,11-13H,6-8H2,1-2H3;(H,6,7)/t11-,12+,13-;/m1./s1. The molecular weight excluding hydrogens is 425 g/mol. The lowest BCUT2D eigenvalue weighted by Gasteiger charge is -2.19. The monoisotopic (exact) mass is 444 g/mol. The van der Waals surface area contributed by atoms with E-state index in [2.05, 4.69) is 15.2 Å². The van der Waals surface area contributed by atoms with Gasteiger partial charge < -0.3 is 23.9 Å². The number of alkyl halides is 3. The number of amides is 1. The van der Waals surface area contributed by atoms with Crippen LogP contribution in [-0.2, 0) is 9.53 Å². The van der Waals surface area contributed by atoms with Crippen LogP contribution in [-0.4, -0.2) is 76.2 Å². The summed E-state index contributed by atoms with van der Waals surface area (Å²) in [5.41, 5.74) is 0.463. The lowest BCUT2D eigenvalue weighted by atomic mass is 9.93. The summed E-state index contributed by atoms with van der Waals surface area (Å²) in [5, 5.41) is 15.1. The zero-order valence-electron chi connectivity index (χ0n) is 16.5. The fraction of sp³-hybridized carbons (Fsp3) is 0.500. The van der Waals surface area contributed by atoms with Crippen LogP contribution in [0.4, 0.5) is 13.2 Å². The zero-order chi connectivity index (χ0) is 22.8. The summed E-state index contributed by atoms with van der Waals surface area (Å²) in [5.74, 6) is -1.19. The number of carboxylic acids is 1. The van der Waals surface area contributed by atoms with Crippen LogP contribution >= 0.6 is 0 Å². The molecule has 2 fully saturated rings. The van der Waals surface area contributed by atoms with Crippen molar-refractivity contribution in [2.75, 3.05) is 26.8 Å². The van der Waals surface area contributed by atoms with E-state index >= 15 is 0 Å². The molecule has 1 N–H and O–H groups in total. The van der Waals surface area contributed by atoms with Crippen molar-refractivity contribution in [2.45, 2.75) is 25.1 Å². The second kappa shape index (κ2) is 8.88. The Morgan fingerprint density at radius 2 is 2.00 bits per heavy atom. The van der Waals surface area contributed by atoms with Gasteiger partial charge in [0.25, 0.3) is 5.91 Å². The van der Waals surface area contributed by atoms with Crippen molar-refractivity contribution in [3.63, 3.8) is 0 Å². The van der Waals surface area contributed by atoms with Gasteiger partial charge >= 0.3 is 12.1 Å². The summed E-state index contributed by atoms with van der Waals surface area (Å²) in [6, 6.07) is 3.45. The van der Waals surface area contributed by atoms with Crippen molar-refractivity contribution < 1.29 is 41.8 Å². The van der Waals surface area contributed by atoms with E-state index in [4.69, 9.17) is 23.8 Å². The van der Waals surface area contributed by atoms with E-state index in [9.17, 15) is 18.0 Å². The SMILES string of the molecule is COc1ncccc1C(=O)N1C[C@@H]2[C@@H](c3nnc(C)o3)CO[C@@H]2C1.O=C(O)C(F)(F)F. The van der Waals surface area contributed by atoms with E-state index in [1.807, 2.05) is 0 Å². The Labute approximate surface area is 174 Å². The molecule has 0 unspecified atom stereocenters. The molecular formula is C18H19F3N4O6. The topological polar surface area (TPSA) is 128 Å². The number of nitrogens with zero attached hydrogens (tertiary/aromatic N) is 4. The average Bonchev–Trinajstić information content (AvgIpc) is 3.42. The van der Waals surface area contributed by atoms with Gasteiger partial charge in [-0.25, -0.2) is 9.78 Å². The first-order valence-electron chi connectivity index (χ1n) is 9.11. The number of methoxy groups -OCH3 is 1. The van der Waals surface area contributed by atoms with Crippen molar-refractivity contribution in [1.29, 1.82) is 0 Å². The van der Waals surface area contributed by atoms with Crippen LogP contribution in [0.25, 0.3) is 0 Å². The van der Waals surface area contributed by atoms with E-state index in [0.29, 0.717) is 42.9 Å². The van der Waals surface area contributed by atoms with Gasteiger partial charge in [0.2, 0.25) is 17.7 Å². The third kappa shape index (κ3) is 4.93. The average molecular weight is 444 g/mol. The highest BCUT2D eigenvalue weighted by Crippen LogP contribution is 2.40. The number of carbonyl (C=O) groups is 2. The first kappa shape index (κ1) is 22.5. The number of carbonyl (C=O) groups excluding carboxylic acids is 1. The zero-order valence-corrected chi connectivity index (χ0v) is 16.5. The van der Waals surface area contributed by atoms with E-state index in [1.165, 1.54) is 7.11 Å². The van der Waals surface area contributed by atoms with Gasteiger partial charge in [0.05, 0.1) is 25.7 Å². The summed E-state index contributed by atoms with van der Waals surface area (Å²) >= 11 is 0. The van der Waals surface area contributed by atoms with Crippen molar-refractivity contribution in [3.05, 3.63) is 35.7 Å². The number of aromatic nitrogens is 3. The van der Waals surface area contributed by atoms with Crippen molar-refractivity contribution in [3.8, 4) is 5.88 Å². The lowest BCUT2D eigenvalue weighted by Crippen LogP contribution is -2.31. The number of aliphatic carboxylic acids is 1. The van der Waals surface area contributed by atoms with Gasteiger partial charge in [-0.2, -0.15) is 13.2 Å². The molecule has 2 aliphatic rings. The summed E-state index contributed by atoms with van der Waals surface area (Å²) in [6.45, 7) is 3.46. The number of aryl methyl sites for hydroxylation is 1. The molecule has 168 valence electrons. The molecule has 0 bridgehead atoms. The minimum absolute atomic E-state index is 0.00572. The van der Waals surface area contributed by atoms with Crippen molar-refractivity contribution >= 4 is 11.9 Å². The Kier molecular flexibility index (Phi) is 6.43. The van der Waals surface area contributed by atoms with Crippen LogP contribution in [0, 0.1) is 12.8 Å². The summed E-state index contributed by atoms with van der Waals surface area (Å²) in [4.78, 5) is 27.6. The van der Waals surface area contributed by atoms with Crippen LogP contribution in [0.3, 0.4) is 0 Å². The van der Waals surface area contributed by atoms with Crippen LogP contribution in [0.5, 0.6) is 5.88 Å². The van der Waals surface area contributed by atoms with Crippen molar-refractivity contribution in [1.82, 2.24) is 20.1 Å². The maximum atomic E-state index is 12.8. The van der Waals surface area contributed by atoms with Crippen LogP contribution < -0.4 is 4.74 Å². The minimum Gasteiger partial charge on any atom is -0.480 e. The molecule has 0 aliphatic carbocycles. The van der Waals surface area contributed by atoms with Gasteiger partial charge in [0.1, 0.15) is 5.56 Å². The minimum atomic E-state index is -5.08. The Hall–Kier alpha value is -3.22. The van der Waals surface area contributed by atoms with Gasteiger partial charge in [-0.05, 0) is 12.1 Å². The number of fused-ring (bicyclic) bond motifs is 1. The molecule has 0 radical (unpaired) electrons. The van der Waals surface area contributed by atoms with Gasteiger partial charge in [-0.15, -0.1) is 10.2 Å². The first-order chi connectivity index (χ1) is 14.6. The predicted octanol–water partition coefficient (Wildman–Crippen LogP) is 1.67. The third-order valence-electron chi connectivity index (χ3n) is 4.90. The highest BCUT2D eigenvalue weighted by atomic mass is 19.4. The largest absolute Gasteiger partial charge is 0.490 e. The van der Waals surface area contributed by atoms with Gasteiger partial charge in [-0.3, -0.25) is 4.79 Å². The van der Waals surface area contributed by atoms with Crippen LogP contribution in [0.1, 0.15) is 28.1 Å². The molecule has 2 aromatic heterocycles. The predicted molar refractivity (Wildman–Crippen MR) is 95.4 cm³/mol. The lowest BCUT2D eigenvalue weighted by molar-refractivity contribution is -0.192. The number of ether oxygens (including phenoxy) is 2. The highest BCUT2D eigenvalue weighted by Gasteiger charge is 2.48. The van der Waals surface area contributed by atoms with Gasteiger partial charge in [0.15, 0.2) is 0 Å². The van der Waals surface area contributed by atoms with E-state index in [-0.39, 0.29) is 23.8 Å². The number of carboxylic acid groups (broad SMARTS) is 1. The molecule has 4 heterocycles. The van der Waals surface area contributed by atoms with E-state index < -0.39 is 12.1 Å². The Bertz CT molecular complexity index is 950. The first-order valence-corrected chi connectivity index (χ1v) is 9.11. The summed E-state index contributed by atoms with van der Waals surface area (Å²) in [6.07, 6.45) is -3.49. The van der Waals surface area contributed by atoms with Gasteiger partial charge in [-0.1, -0.05) is 0 Å². The fourth-order valence-electron chi connectivity index (χ4n) is 3.48. The number of hydrogen-bond acceptors (Lipinski definition) is 8. The number of hydrogen-bond donors (Lipinski definition) is 1. The second-order valence-electron chi connectivity index (χ2n) is 6.87. The summed E-state index contributed by atoms with van der Waals surface area (Å²) in [7, 11) is 1.51. The molecule has 0 aromatic carbocycles. The molecule has 13 heteroatoms. The Balaban J connectivity index is 0.000000339. The maximum absolute atomic E-state index is 12.8. The number of rotatable bonds is 3. The molecule has 4 rings (SSSR count). The van der Waals surface area contributed by atoms with Crippen molar-refractivity contribution in [2.24, 2.45) is 5.92 Å². The molecule has 31 heavy (non-hydrogen) atoms. The van der Waals surface area contributed by atoms with Crippen LogP contribution in [0.15, 0.2) is 22.7 Å². The Morgan fingerprint density at radius 1 is 1.29 bits per heavy atom. The number of pyridine rings is 1. The Morgan fingerprint density at radius 3 is 2.58 bits per heavy atom. The maximum Gasteiger partial charge on any atom is 0.490 e. The molecule has 2 aliphatic heterocycles. The molecule has 2 saturated heterocycles. The van der Waals surface area contributed by atoms with E-state index in [0.717, 1.165) is 0 Å². The normalized spacial score (nSPS) is 22.5. The molecule has 1 amide bonds. The molecule has 0 saturated carbocycles. The number of halogens is 3. The molecule has 0 spiro atoms. The van der Waals surface area contributed by atoms with Crippen LogP contribution in [0.2, 0.25) is 0 Å². The smallest absolute Gasteiger partial charge is 0.480 e. The molecule has 10 nitrogen and oxygen atoms in total. The summed E-state index contributed by atoms with van der Waals surface area (Å²) < 4.78 is 48.3. The fourth-order valence-corrected chi connectivity index (χ4v) is 3.48. The van der Waals surface area contributed by atoms with Gasteiger partial charge in [0, 0.05) is 32.1 Å². The molecule has 2 aromatic rings. The molecule has 3 atom stereocenters. The van der Waals surface area contributed by atoms with E-state index in [1.54, 1.807) is 30.2 Å². The third-order valence-corrected chi connectivity index (χ3v) is 4.90.